The number of anilines is 1. The van der Waals surface area contributed by atoms with Crippen molar-refractivity contribution in [1.82, 2.24) is 20.2 Å². The van der Waals surface area contributed by atoms with Crippen LogP contribution in [0.2, 0.25) is 0 Å². The summed E-state index contributed by atoms with van der Waals surface area (Å²) in [5.41, 5.74) is 4.23. The number of nitrogens with zero attached hydrogens (tertiary/aromatic N) is 4. The Morgan fingerprint density at radius 1 is 0.964 bits per heavy atom. The van der Waals surface area contributed by atoms with Gasteiger partial charge in [0.05, 0.1) is 0 Å². The van der Waals surface area contributed by atoms with Crippen LogP contribution in [0.25, 0.3) is 0 Å². The van der Waals surface area contributed by atoms with Crippen molar-refractivity contribution in [2.45, 2.75) is 52.0 Å². The van der Waals surface area contributed by atoms with Crippen LogP contribution in [0.4, 0.5) is 5.69 Å². The number of hydrogen-bond donors (Lipinski definition) is 1. The maximum absolute atomic E-state index is 13.3. The highest BCUT2D eigenvalue weighted by molar-refractivity contribution is 5.95. The number of carbonyl (C=O) groups is 1. The molecule has 0 saturated heterocycles. The van der Waals surface area contributed by atoms with Crippen molar-refractivity contribution in [1.29, 1.82) is 0 Å². The van der Waals surface area contributed by atoms with Crippen LogP contribution < -0.4 is 5.32 Å². The predicted octanol–water partition coefficient (Wildman–Crippen LogP) is 4.34. The number of benzene rings is 2. The van der Waals surface area contributed by atoms with Crippen LogP contribution >= 0.6 is 0 Å². The van der Waals surface area contributed by atoms with Crippen molar-refractivity contribution >= 4 is 11.6 Å². The summed E-state index contributed by atoms with van der Waals surface area (Å²) in [5, 5.41) is 14.6. The molecule has 1 heterocycles. The number of tetrazole rings is 1. The Hall–Kier alpha value is -3.02. The van der Waals surface area contributed by atoms with Crippen molar-refractivity contribution in [2.24, 2.45) is 0 Å². The highest BCUT2D eigenvalue weighted by atomic mass is 16.2. The fraction of sp³-hybridized carbons (Fsp3) is 0.364. The number of aromatic nitrogens is 4. The highest BCUT2D eigenvalue weighted by Crippen LogP contribution is 2.33. The molecular weight excluding hydrogens is 350 g/mol. The van der Waals surface area contributed by atoms with E-state index < -0.39 is 6.04 Å². The normalized spacial score (nSPS) is 12.4. The molecule has 0 spiro atoms. The first-order valence-corrected chi connectivity index (χ1v) is 9.67. The van der Waals surface area contributed by atoms with Crippen LogP contribution in [0.3, 0.4) is 0 Å². The van der Waals surface area contributed by atoms with Gasteiger partial charge in [-0.05, 0) is 39.0 Å². The number of carbonyl (C=O) groups excluding carboxylic acids is 1. The highest BCUT2D eigenvalue weighted by Gasteiger charge is 2.25. The molecule has 3 aromatic rings. The Labute approximate surface area is 166 Å². The zero-order chi connectivity index (χ0) is 20.1. The van der Waals surface area contributed by atoms with Crippen molar-refractivity contribution in [3.63, 3.8) is 0 Å². The topological polar surface area (TPSA) is 72.7 Å². The van der Waals surface area contributed by atoms with Gasteiger partial charge < -0.3 is 5.32 Å². The van der Waals surface area contributed by atoms with E-state index in [2.05, 4.69) is 66.7 Å². The van der Waals surface area contributed by atoms with E-state index in [1.165, 1.54) is 11.0 Å². The third-order valence-electron chi connectivity index (χ3n) is 4.88. The number of hydrogen-bond acceptors (Lipinski definition) is 4. The molecule has 1 N–H and O–H groups in total. The summed E-state index contributed by atoms with van der Waals surface area (Å²) < 4.78 is 1.52. The third kappa shape index (κ3) is 4.44. The van der Waals surface area contributed by atoms with E-state index in [9.17, 15) is 4.79 Å². The Bertz CT molecular complexity index is 878. The third-order valence-corrected chi connectivity index (χ3v) is 4.88. The quantitative estimate of drug-likeness (QED) is 0.665. The lowest BCUT2D eigenvalue weighted by Crippen LogP contribution is -2.29. The predicted molar refractivity (Wildman–Crippen MR) is 110 cm³/mol. The van der Waals surface area contributed by atoms with Crippen LogP contribution in [0.1, 0.15) is 62.3 Å². The van der Waals surface area contributed by atoms with Gasteiger partial charge >= 0.3 is 0 Å². The molecule has 2 aromatic carbocycles. The van der Waals surface area contributed by atoms with Crippen molar-refractivity contribution in [2.75, 3.05) is 5.32 Å². The van der Waals surface area contributed by atoms with Gasteiger partial charge in [-0.3, -0.25) is 4.79 Å². The number of nitrogens with one attached hydrogen (secondary N) is 1. The first-order valence-electron chi connectivity index (χ1n) is 9.67. The number of rotatable bonds is 7. The molecule has 3 rings (SSSR count). The van der Waals surface area contributed by atoms with Crippen LogP contribution in [-0.2, 0) is 11.2 Å². The van der Waals surface area contributed by atoms with E-state index in [0.717, 1.165) is 22.4 Å². The number of para-hydroxylation sites is 1. The van der Waals surface area contributed by atoms with E-state index in [1.807, 2.05) is 30.3 Å². The van der Waals surface area contributed by atoms with E-state index in [4.69, 9.17) is 0 Å². The van der Waals surface area contributed by atoms with Gasteiger partial charge in [-0.2, -0.15) is 0 Å². The Morgan fingerprint density at radius 3 is 2.14 bits per heavy atom. The van der Waals surface area contributed by atoms with Gasteiger partial charge in [-0.1, -0.05) is 76.2 Å². The van der Waals surface area contributed by atoms with Crippen molar-refractivity contribution in [3.05, 3.63) is 71.5 Å². The molecule has 1 amide bonds. The average Bonchev–Trinajstić information content (AvgIpc) is 3.21. The molecule has 0 radical (unpaired) electrons. The van der Waals surface area contributed by atoms with Gasteiger partial charge in [0, 0.05) is 12.1 Å². The van der Waals surface area contributed by atoms with Crippen LogP contribution in [-0.4, -0.2) is 26.1 Å². The molecule has 0 aliphatic heterocycles. The Morgan fingerprint density at radius 2 is 1.61 bits per heavy atom. The number of amides is 1. The summed E-state index contributed by atoms with van der Waals surface area (Å²) in [6.45, 7) is 8.55. The molecule has 6 nitrogen and oxygen atoms in total. The second kappa shape index (κ2) is 8.78. The van der Waals surface area contributed by atoms with Crippen LogP contribution in [0, 0.1) is 0 Å². The summed E-state index contributed by atoms with van der Waals surface area (Å²) in [7, 11) is 0. The molecule has 0 bridgehead atoms. The van der Waals surface area contributed by atoms with Crippen LogP contribution in [0.5, 0.6) is 0 Å². The largest absolute Gasteiger partial charge is 0.324 e. The fourth-order valence-electron chi connectivity index (χ4n) is 3.36. The van der Waals surface area contributed by atoms with Crippen molar-refractivity contribution < 1.29 is 4.79 Å². The Kier molecular flexibility index (Phi) is 6.19. The molecule has 0 fully saturated rings. The van der Waals surface area contributed by atoms with E-state index in [0.29, 0.717) is 18.3 Å². The van der Waals surface area contributed by atoms with E-state index in [1.54, 1.807) is 0 Å². The van der Waals surface area contributed by atoms with Gasteiger partial charge in [0.1, 0.15) is 12.4 Å². The molecule has 1 aromatic heterocycles. The van der Waals surface area contributed by atoms with Gasteiger partial charge in [0.15, 0.2) is 0 Å². The lowest BCUT2D eigenvalue weighted by Gasteiger charge is -2.23. The van der Waals surface area contributed by atoms with E-state index in [-0.39, 0.29) is 5.91 Å². The lowest BCUT2D eigenvalue weighted by atomic mass is 9.92. The molecule has 0 saturated carbocycles. The zero-order valence-corrected chi connectivity index (χ0v) is 16.8. The summed E-state index contributed by atoms with van der Waals surface area (Å²) in [5.74, 6) is 0.482. The maximum atomic E-state index is 13.3. The maximum Gasteiger partial charge on any atom is 0.249 e. The molecule has 146 valence electrons. The van der Waals surface area contributed by atoms with E-state index >= 15 is 0 Å². The zero-order valence-electron chi connectivity index (χ0n) is 16.8. The molecule has 1 unspecified atom stereocenters. The van der Waals surface area contributed by atoms with Gasteiger partial charge in [0.25, 0.3) is 0 Å². The lowest BCUT2D eigenvalue weighted by molar-refractivity contribution is -0.119. The molecule has 0 aliphatic rings. The molecule has 1 atom stereocenters. The molecular formula is C22H27N5O. The smallest absolute Gasteiger partial charge is 0.249 e. The minimum absolute atomic E-state index is 0.119. The second-order valence-electron chi connectivity index (χ2n) is 7.61. The Balaban J connectivity index is 1.95. The first kappa shape index (κ1) is 19.7. The average molecular weight is 377 g/mol. The molecule has 0 aliphatic carbocycles. The van der Waals surface area contributed by atoms with Gasteiger partial charge in [-0.15, -0.1) is 5.10 Å². The summed E-state index contributed by atoms with van der Waals surface area (Å²) >= 11 is 0. The minimum Gasteiger partial charge on any atom is -0.324 e. The second-order valence-corrected chi connectivity index (χ2v) is 7.61. The monoisotopic (exact) mass is 377 g/mol. The first-order chi connectivity index (χ1) is 13.5. The fourth-order valence-corrected chi connectivity index (χ4v) is 3.36. The van der Waals surface area contributed by atoms with Crippen molar-refractivity contribution in [3.8, 4) is 0 Å². The standard InChI is InChI=1S/C22H27N5O/c1-15(2)18-11-8-12-19(16(3)4)21(18)24-22(28)20(27-14-23-25-26-27)13-17-9-6-5-7-10-17/h5-12,14-16,20H,13H2,1-4H3,(H,24,28). The molecule has 6 heteroatoms. The van der Waals surface area contributed by atoms with Gasteiger partial charge in [-0.25, -0.2) is 4.68 Å². The summed E-state index contributed by atoms with van der Waals surface area (Å²) in [4.78, 5) is 13.3. The summed E-state index contributed by atoms with van der Waals surface area (Å²) in [6, 6.07) is 15.6. The molecule has 28 heavy (non-hydrogen) atoms. The van der Waals surface area contributed by atoms with Crippen LogP contribution in [0.15, 0.2) is 54.9 Å². The van der Waals surface area contributed by atoms with Gasteiger partial charge in [0.2, 0.25) is 5.91 Å². The SMILES string of the molecule is CC(C)c1cccc(C(C)C)c1NC(=O)C(Cc1ccccc1)n1cnnn1. The summed E-state index contributed by atoms with van der Waals surface area (Å²) in [6.07, 6.45) is 2.00. The minimum atomic E-state index is -0.530.